The standard InChI is InChI=1S/C12H15Br2N3O2/c1-7(11(15)16-19)6-17(2)12(18)8-3-9(13)5-10(14)4-8/h3-5,7,19H,6H2,1-2H3,(H2,15,16). The molecule has 1 unspecified atom stereocenters. The van der Waals surface area contributed by atoms with Gasteiger partial charge >= 0.3 is 0 Å². The van der Waals surface area contributed by atoms with Gasteiger partial charge in [0.15, 0.2) is 0 Å². The molecule has 7 heteroatoms. The lowest BCUT2D eigenvalue weighted by Gasteiger charge is -2.21. The van der Waals surface area contributed by atoms with Gasteiger partial charge in [-0.2, -0.15) is 0 Å². The van der Waals surface area contributed by atoms with E-state index >= 15 is 0 Å². The maximum Gasteiger partial charge on any atom is 0.253 e. The van der Waals surface area contributed by atoms with E-state index in [1.807, 2.05) is 6.07 Å². The minimum absolute atomic E-state index is 0.107. The summed E-state index contributed by atoms with van der Waals surface area (Å²) in [6.07, 6.45) is 0. The first-order chi connectivity index (χ1) is 8.85. The predicted octanol–water partition coefficient (Wildman–Crippen LogP) is 2.67. The SMILES string of the molecule is CC(CN(C)C(=O)c1cc(Br)cc(Br)c1)/C(N)=N/O. The van der Waals surface area contributed by atoms with Crippen LogP contribution in [0.25, 0.3) is 0 Å². The summed E-state index contributed by atoms with van der Waals surface area (Å²) < 4.78 is 1.64. The van der Waals surface area contributed by atoms with Crippen molar-refractivity contribution < 1.29 is 10.0 Å². The zero-order valence-electron chi connectivity index (χ0n) is 10.6. The van der Waals surface area contributed by atoms with E-state index < -0.39 is 0 Å². The zero-order chi connectivity index (χ0) is 14.6. The van der Waals surface area contributed by atoms with Gasteiger partial charge < -0.3 is 15.8 Å². The molecule has 1 aromatic carbocycles. The molecule has 1 rings (SSSR count). The first kappa shape index (κ1) is 16.0. The van der Waals surface area contributed by atoms with Crippen LogP contribution < -0.4 is 5.73 Å². The smallest absolute Gasteiger partial charge is 0.253 e. The molecule has 0 aliphatic heterocycles. The van der Waals surface area contributed by atoms with Crippen LogP contribution in [0.2, 0.25) is 0 Å². The van der Waals surface area contributed by atoms with Gasteiger partial charge in [0.2, 0.25) is 0 Å². The first-order valence-electron chi connectivity index (χ1n) is 5.54. The molecule has 19 heavy (non-hydrogen) atoms. The molecule has 5 nitrogen and oxygen atoms in total. The molecule has 3 N–H and O–H groups in total. The van der Waals surface area contributed by atoms with E-state index in [1.165, 1.54) is 4.90 Å². The van der Waals surface area contributed by atoms with Crippen LogP contribution in [0.5, 0.6) is 0 Å². The summed E-state index contributed by atoms with van der Waals surface area (Å²) >= 11 is 6.69. The number of hydrogen-bond acceptors (Lipinski definition) is 3. The number of amides is 1. The second-order valence-corrected chi connectivity index (χ2v) is 6.10. The monoisotopic (exact) mass is 391 g/mol. The van der Waals surface area contributed by atoms with E-state index in [-0.39, 0.29) is 17.7 Å². The van der Waals surface area contributed by atoms with Crippen LogP contribution in [-0.4, -0.2) is 35.4 Å². The molecule has 0 aromatic heterocycles. The van der Waals surface area contributed by atoms with Crippen molar-refractivity contribution in [2.24, 2.45) is 16.8 Å². The maximum absolute atomic E-state index is 12.2. The number of carbonyl (C=O) groups excluding carboxylic acids is 1. The van der Waals surface area contributed by atoms with Crippen LogP contribution in [0, 0.1) is 5.92 Å². The molecule has 1 amide bonds. The fourth-order valence-electron chi connectivity index (χ4n) is 1.58. The number of halogens is 2. The van der Waals surface area contributed by atoms with E-state index in [4.69, 9.17) is 10.9 Å². The van der Waals surface area contributed by atoms with Gasteiger partial charge in [-0.1, -0.05) is 43.9 Å². The van der Waals surface area contributed by atoms with Gasteiger partial charge in [-0.05, 0) is 18.2 Å². The van der Waals surface area contributed by atoms with Crippen molar-refractivity contribution in [3.8, 4) is 0 Å². The highest BCUT2D eigenvalue weighted by Gasteiger charge is 2.17. The molecule has 0 radical (unpaired) electrons. The molecule has 0 heterocycles. The highest BCUT2D eigenvalue weighted by molar-refractivity contribution is 9.11. The Labute approximate surface area is 128 Å². The summed E-state index contributed by atoms with van der Waals surface area (Å²) in [6, 6.07) is 5.35. The van der Waals surface area contributed by atoms with E-state index in [1.54, 1.807) is 26.1 Å². The van der Waals surface area contributed by atoms with Gasteiger partial charge in [0.1, 0.15) is 5.84 Å². The fourth-order valence-corrected chi connectivity index (χ4v) is 2.88. The fraction of sp³-hybridized carbons (Fsp3) is 0.333. The third-order valence-electron chi connectivity index (χ3n) is 2.62. The van der Waals surface area contributed by atoms with Crippen molar-refractivity contribution >= 4 is 43.6 Å². The maximum atomic E-state index is 12.2. The summed E-state index contributed by atoms with van der Waals surface area (Å²) in [7, 11) is 1.68. The minimum Gasteiger partial charge on any atom is -0.409 e. The van der Waals surface area contributed by atoms with Crippen LogP contribution >= 0.6 is 31.9 Å². The van der Waals surface area contributed by atoms with Crippen molar-refractivity contribution in [2.45, 2.75) is 6.92 Å². The average molecular weight is 393 g/mol. The Hall–Kier alpha value is -1.08. The van der Waals surface area contributed by atoms with Crippen molar-refractivity contribution in [1.82, 2.24) is 4.90 Å². The quantitative estimate of drug-likeness (QED) is 0.358. The molecule has 104 valence electrons. The third-order valence-corrected chi connectivity index (χ3v) is 3.54. The second-order valence-electron chi connectivity index (χ2n) is 4.27. The number of hydrogen-bond donors (Lipinski definition) is 2. The van der Waals surface area contributed by atoms with Crippen molar-refractivity contribution in [3.63, 3.8) is 0 Å². The largest absolute Gasteiger partial charge is 0.409 e. The summed E-state index contributed by atoms with van der Waals surface area (Å²) in [5.74, 6) is -0.232. The van der Waals surface area contributed by atoms with Crippen LogP contribution in [0.1, 0.15) is 17.3 Å². The average Bonchev–Trinajstić information content (AvgIpc) is 2.35. The molecule has 0 fully saturated rings. The molecule has 0 aliphatic rings. The minimum atomic E-state index is -0.213. The molecular weight excluding hydrogens is 378 g/mol. The summed E-state index contributed by atoms with van der Waals surface area (Å²) in [4.78, 5) is 13.8. The lowest BCUT2D eigenvalue weighted by atomic mass is 10.1. The van der Waals surface area contributed by atoms with Crippen LogP contribution in [0.3, 0.4) is 0 Å². The second kappa shape index (κ2) is 6.91. The molecule has 1 aromatic rings. The molecule has 1 atom stereocenters. The van der Waals surface area contributed by atoms with Gasteiger partial charge in [0, 0.05) is 34.0 Å². The van der Waals surface area contributed by atoms with Crippen molar-refractivity contribution in [2.75, 3.05) is 13.6 Å². The van der Waals surface area contributed by atoms with E-state index in [2.05, 4.69) is 37.0 Å². The van der Waals surface area contributed by atoms with Crippen LogP contribution in [0.15, 0.2) is 32.3 Å². The number of nitrogens with two attached hydrogens (primary N) is 1. The Morgan fingerprint density at radius 3 is 2.42 bits per heavy atom. The van der Waals surface area contributed by atoms with Crippen LogP contribution in [0.4, 0.5) is 0 Å². The molecular formula is C12H15Br2N3O2. The van der Waals surface area contributed by atoms with Crippen molar-refractivity contribution in [3.05, 3.63) is 32.7 Å². The normalized spacial score (nSPS) is 13.2. The lowest BCUT2D eigenvalue weighted by molar-refractivity contribution is 0.0786. The Bertz CT molecular complexity index is 485. The molecule has 0 saturated carbocycles. The van der Waals surface area contributed by atoms with Crippen molar-refractivity contribution in [1.29, 1.82) is 0 Å². The molecule has 0 aliphatic carbocycles. The van der Waals surface area contributed by atoms with Gasteiger partial charge in [0.05, 0.1) is 0 Å². The summed E-state index contributed by atoms with van der Waals surface area (Å²) in [5, 5.41) is 11.5. The third kappa shape index (κ3) is 4.50. The van der Waals surface area contributed by atoms with E-state index in [0.29, 0.717) is 12.1 Å². The predicted molar refractivity (Wildman–Crippen MR) is 81.4 cm³/mol. The number of nitrogens with zero attached hydrogens (tertiary/aromatic N) is 2. The van der Waals surface area contributed by atoms with Gasteiger partial charge in [0.25, 0.3) is 5.91 Å². The Morgan fingerprint density at radius 1 is 1.42 bits per heavy atom. The van der Waals surface area contributed by atoms with Gasteiger partial charge in [-0.15, -0.1) is 0 Å². The van der Waals surface area contributed by atoms with Gasteiger partial charge in [-0.3, -0.25) is 4.79 Å². The lowest BCUT2D eigenvalue weighted by Crippen LogP contribution is -2.36. The number of benzene rings is 1. The molecule has 0 bridgehead atoms. The molecule has 0 spiro atoms. The Balaban J connectivity index is 2.82. The highest BCUT2D eigenvalue weighted by Crippen LogP contribution is 2.21. The zero-order valence-corrected chi connectivity index (χ0v) is 13.8. The number of amidine groups is 1. The highest BCUT2D eigenvalue weighted by atomic mass is 79.9. The Morgan fingerprint density at radius 2 is 1.95 bits per heavy atom. The Kier molecular flexibility index (Phi) is 5.81. The molecule has 0 saturated heterocycles. The van der Waals surface area contributed by atoms with E-state index in [0.717, 1.165) is 8.95 Å². The number of carbonyl (C=O) groups is 1. The topological polar surface area (TPSA) is 78.9 Å². The van der Waals surface area contributed by atoms with Crippen LogP contribution in [-0.2, 0) is 0 Å². The number of rotatable bonds is 4. The first-order valence-corrected chi connectivity index (χ1v) is 7.12. The van der Waals surface area contributed by atoms with Gasteiger partial charge in [-0.25, -0.2) is 0 Å². The summed E-state index contributed by atoms with van der Waals surface area (Å²) in [5.41, 5.74) is 6.06. The summed E-state index contributed by atoms with van der Waals surface area (Å²) in [6.45, 7) is 2.16. The van der Waals surface area contributed by atoms with E-state index in [9.17, 15) is 4.79 Å². The number of oxime groups is 1.